The summed E-state index contributed by atoms with van der Waals surface area (Å²) in [6.45, 7) is 7.57. The van der Waals surface area contributed by atoms with E-state index in [0.717, 1.165) is 5.76 Å². The van der Waals surface area contributed by atoms with Crippen LogP contribution in [-0.2, 0) is 9.53 Å². The summed E-state index contributed by atoms with van der Waals surface area (Å²) in [7, 11) is 0. The number of likely N-dealkylation sites (tertiary alicyclic amines) is 1. The first-order valence-electron chi connectivity index (χ1n) is 6.94. The van der Waals surface area contributed by atoms with Crippen LogP contribution in [0.15, 0.2) is 16.5 Å². The highest BCUT2D eigenvalue weighted by atomic mass is 16.6. The van der Waals surface area contributed by atoms with E-state index < -0.39 is 23.6 Å². The van der Waals surface area contributed by atoms with Crippen LogP contribution >= 0.6 is 0 Å². The molecule has 0 bridgehead atoms. The second kappa shape index (κ2) is 5.42. The Hall–Kier alpha value is -1.98. The van der Waals surface area contributed by atoms with Gasteiger partial charge in [-0.2, -0.15) is 0 Å². The zero-order valence-electron chi connectivity index (χ0n) is 12.8. The molecule has 0 spiro atoms. The number of ether oxygens (including phenoxy) is 1. The summed E-state index contributed by atoms with van der Waals surface area (Å²) in [5, 5.41) is 9.36. The van der Waals surface area contributed by atoms with E-state index in [2.05, 4.69) is 0 Å². The normalized spacial score (nSPS) is 22.4. The molecular weight excluding hydrogens is 274 g/mol. The Morgan fingerprint density at radius 3 is 2.48 bits per heavy atom. The molecule has 2 rings (SSSR count). The number of hydrogen-bond acceptors (Lipinski definition) is 4. The maximum absolute atomic E-state index is 12.1. The van der Waals surface area contributed by atoms with Crippen molar-refractivity contribution in [1.82, 2.24) is 4.90 Å². The molecule has 21 heavy (non-hydrogen) atoms. The van der Waals surface area contributed by atoms with Gasteiger partial charge < -0.3 is 19.2 Å². The molecule has 1 saturated heterocycles. The molecule has 1 aliphatic rings. The van der Waals surface area contributed by atoms with Crippen LogP contribution in [0.25, 0.3) is 0 Å². The van der Waals surface area contributed by atoms with Crippen molar-refractivity contribution in [3.8, 4) is 0 Å². The van der Waals surface area contributed by atoms with Crippen molar-refractivity contribution in [2.75, 3.05) is 13.1 Å². The van der Waals surface area contributed by atoms with Crippen LogP contribution in [0.3, 0.4) is 0 Å². The Balaban J connectivity index is 2.15. The standard InChI is InChI=1S/C15H21NO5/c1-9-5-6-12(20-9)10-7-16(8-11(10)13(17)18)14(19)21-15(2,3)4/h5-6,10-11H,7-8H2,1-4H3,(H,17,18). The molecule has 1 aromatic heterocycles. The molecule has 0 aromatic carbocycles. The quantitative estimate of drug-likeness (QED) is 0.907. The predicted octanol–water partition coefficient (Wildman–Crippen LogP) is 2.62. The van der Waals surface area contributed by atoms with Gasteiger partial charge in [-0.25, -0.2) is 4.79 Å². The maximum atomic E-state index is 12.1. The number of carbonyl (C=O) groups excluding carboxylic acids is 1. The number of carboxylic acid groups (broad SMARTS) is 1. The topological polar surface area (TPSA) is 80.0 Å². The van der Waals surface area contributed by atoms with E-state index >= 15 is 0 Å². The smallest absolute Gasteiger partial charge is 0.410 e. The summed E-state index contributed by atoms with van der Waals surface area (Å²) in [6, 6.07) is 3.57. The van der Waals surface area contributed by atoms with E-state index in [1.54, 1.807) is 39.8 Å². The van der Waals surface area contributed by atoms with Gasteiger partial charge in [0.15, 0.2) is 0 Å². The molecule has 6 nitrogen and oxygen atoms in total. The summed E-state index contributed by atoms with van der Waals surface area (Å²) in [5.74, 6) is -0.622. The molecule has 2 atom stereocenters. The molecule has 0 aliphatic carbocycles. The first kappa shape index (κ1) is 15.4. The molecule has 1 N–H and O–H groups in total. The number of aliphatic carboxylic acids is 1. The largest absolute Gasteiger partial charge is 0.481 e. The van der Waals surface area contributed by atoms with Gasteiger partial charge in [-0.1, -0.05) is 0 Å². The summed E-state index contributed by atoms with van der Waals surface area (Å²) in [6.07, 6.45) is -0.487. The number of aryl methyl sites for hydroxylation is 1. The van der Waals surface area contributed by atoms with Crippen molar-refractivity contribution >= 4 is 12.1 Å². The first-order chi connectivity index (χ1) is 9.67. The highest BCUT2D eigenvalue weighted by Gasteiger charge is 2.43. The lowest BCUT2D eigenvalue weighted by Gasteiger charge is -2.24. The third-order valence-corrected chi connectivity index (χ3v) is 3.42. The number of amides is 1. The fourth-order valence-electron chi connectivity index (χ4n) is 2.47. The van der Waals surface area contributed by atoms with E-state index in [9.17, 15) is 14.7 Å². The van der Waals surface area contributed by atoms with E-state index in [-0.39, 0.29) is 12.5 Å². The van der Waals surface area contributed by atoms with E-state index in [0.29, 0.717) is 12.3 Å². The molecule has 6 heteroatoms. The first-order valence-corrected chi connectivity index (χ1v) is 6.94. The Labute approximate surface area is 123 Å². The maximum Gasteiger partial charge on any atom is 0.410 e. The summed E-state index contributed by atoms with van der Waals surface area (Å²) < 4.78 is 10.8. The van der Waals surface area contributed by atoms with Crippen LogP contribution in [0.5, 0.6) is 0 Å². The molecule has 1 aromatic rings. The zero-order valence-corrected chi connectivity index (χ0v) is 12.8. The lowest BCUT2D eigenvalue weighted by Crippen LogP contribution is -2.35. The summed E-state index contributed by atoms with van der Waals surface area (Å²) >= 11 is 0. The Kier molecular flexibility index (Phi) is 3.98. The van der Waals surface area contributed by atoms with Crippen molar-refractivity contribution in [3.05, 3.63) is 23.7 Å². The van der Waals surface area contributed by atoms with Crippen LogP contribution in [0.4, 0.5) is 4.79 Å². The molecule has 1 aliphatic heterocycles. The van der Waals surface area contributed by atoms with Crippen LogP contribution in [0.2, 0.25) is 0 Å². The highest BCUT2D eigenvalue weighted by Crippen LogP contribution is 2.34. The van der Waals surface area contributed by atoms with Gasteiger partial charge in [0.25, 0.3) is 0 Å². The lowest BCUT2D eigenvalue weighted by molar-refractivity contribution is -0.141. The third-order valence-electron chi connectivity index (χ3n) is 3.42. The minimum Gasteiger partial charge on any atom is -0.481 e. The van der Waals surface area contributed by atoms with E-state index in [1.807, 2.05) is 0 Å². The number of rotatable bonds is 2. The number of carboxylic acids is 1. The van der Waals surface area contributed by atoms with Crippen LogP contribution < -0.4 is 0 Å². The molecule has 2 heterocycles. The average Bonchev–Trinajstić information content (AvgIpc) is 2.91. The fraction of sp³-hybridized carbons (Fsp3) is 0.600. The molecule has 2 unspecified atom stereocenters. The van der Waals surface area contributed by atoms with Gasteiger partial charge in [0.05, 0.1) is 5.92 Å². The molecule has 0 radical (unpaired) electrons. The van der Waals surface area contributed by atoms with Gasteiger partial charge in [-0.05, 0) is 39.8 Å². The zero-order chi connectivity index (χ0) is 15.8. The Morgan fingerprint density at radius 1 is 1.33 bits per heavy atom. The van der Waals surface area contributed by atoms with Crippen molar-refractivity contribution in [2.24, 2.45) is 5.92 Å². The number of hydrogen-bond donors (Lipinski definition) is 1. The van der Waals surface area contributed by atoms with Gasteiger partial charge in [-0.3, -0.25) is 4.79 Å². The molecule has 0 saturated carbocycles. The lowest BCUT2D eigenvalue weighted by atomic mass is 9.94. The summed E-state index contributed by atoms with van der Waals surface area (Å²) in [4.78, 5) is 25.0. The Morgan fingerprint density at radius 2 is 2.00 bits per heavy atom. The minimum atomic E-state index is -0.930. The van der Waals surface area contributed by atoms with Crippen molar-refractivity contribution in [1.29, 1.82) is 0 Å². The second-order valence-corrected chi connectivity index (χ2v) is 6.38. The van der Waals surface area contributed by atoms with E-state index in [4.69, 9.17) is 9.15 Å². The number of furan rings is 1. The van der Waals surface area contributed by atoms with Gasteiger partial charge in [0.1, 0.15) is 17.1 Å². The van der Waals surface area contributed by atoms with Crippen LogP contribution in [0.1, 0.15) is 38.2 Å². The van der Waals surface area contributed by atoms with Crippen molar-refractivity contribution in [2.45, 2.75) is 39.2 Å². The average molecular weight is 295 g/mol. The van der Waals surface area contributed by atoms with Gasteiger partial charge in [0.2, 0.25) is 0 Å². The van der Waals surface area contributed by atoms with Gasteiger partial charge in [-0.15, -0.1) is 0 Å². The number of nitrogens with zero attached hydrogens (tertiary/aromatic N) is 1. The molecule has 116 valence electrons. The van der Waals surface area contributed by atoms with Crippen LogP contribution in [0, 0.1) is 12.8 Å². The Bertz CT molecular complexity index is 543. The van der Waals surface area contributed by atoms with Gasteiger partial charge >= 0.3 is 12.1 Å². The summed E-state index contributed by atoms with van der Waals surface area (Å²) in [5.41, 5.74) is -0.602. The third kappa shape index (κ3) is 3.56. The minimum absolute atomic E-state index is 0.134. The monoisotopic (exact) mass is 295 g/mol. The second-order valence-electron chi connectivity index (χ2n) is 6.38. The molecule has 1 fully saturated rings. The SMILES string of the molecule is Cc1ccc(C2CN(C(=O)OC(C)(C)C)CC2C(=O)O)o1. The van der Waals surface area contributed by atoms with Crippen molar-refractivity contribution in [3.63, 3.8) is 0 Å². The predicted molar refractivity (Wildman–Crippen MR) is 75.1 cm³/mol. The van der Waals surface area contributed by atoms with Crippen molar-refractivity contribution < 1.29 is 23.8 Å². The number of carbonyl (C=O) groups is 2. The fourth-order valence-corrected chi connectivity index (χ4v) is 2.47. The highest BCUT2D eigenvalue weighted by molar-refractivity contribution is 5.75. The molecule has 1 amide bonds. The van der Waals surface area contributed by atoms with E-state index in [1.165, 1.54) is 4.90 Å². The molecular formula is C15H21NO5. The van der Waals surface area contributed by atoms with Gasteiger partial charge in [0, 0.05) is 19.0 Å². The van der Waals surface area contributed by atoms with Crippen LogP contribution in [-0.4, -0.2) is 40.8 Å².